The van der Waals surface area contributed by atoms with E-state index in [1.807, 2.05) is 39.0 Å². The number of aromatic hydroxyl groups is 1. The predicted octanol–water partition coefficient (Wildman–Crippen LogP) is 5.13. The number of allylic oxidation sites excluding steroid dienone is 1. The highest BCUT2D eigenvalue weighted by Crippen LogP contribution is 2.54. The van der Waals surface area contributed by atoms with E-state index in [2.05, 4.69) is 40.1 Å². The molecule has 0 spiro atoms. The highest BCUT2D eigenvalue weighted by Gasteiger charge is 2.47. The molecule has 1 aromatic rings. The largest absolute Gasteiger partial charge is 0.508 e. The highest BCUT2D eigenvalue weighted by atomic mass is 16.7. The lowest BCUT2D eigenvalue weighted by atomic mass is 9.66. The average molecular weight is 402 g/mol. The quantitative estimate of drug-likeness (QED) is 0.675. The maximum Gasteiger partial charge on any atom is 0.270 e. The van der Waals surface area contributed by atoms with Crippen molar-refractivity contribution in [2.24, 2.45) is 5.92 Å². The molecule has 0 bridgehead atoms. The first-order valence-corrected chi connectivity index (χ1v) is 10.4. The van der Waals surface area contributed by atoms with Crippen LogP contribution in [0.15, 0.2) is 23.8 Å². The topological polar surface area (TPSA) is 67.8 Å². The van der Waals surface area contributed by atoms with Crippen LogP contribution in [0.5, 0.6) is 11.5 Å². The number of hydroxylamine groups is 1. The number of fused-ring (bicyclic) bond motifs is 3. The van der Waals surface area contributed by atoms with Gasteiger partial charge in [-0.05, 0) is 70.6 Å². The molecule has 1 aromatic carbocycles. The van der Waals surface area contributed by atoms with Crippen LogP contribution in [0, 0.1) is 5.92 Å². The zero-order chi connectivity index (χ0) is 21.8. The maximum atomic E-state index is 12.7. The summed E-state index contributed by atoms with van der Waals surface area (Å²) in [6, 6.07) is 3.89. The van der Waals surface area contributed by atoms with Gasteiger partial charge in [-0.1, -0.05) is 26.8 Å². The summed E-state index contributed by atoms with van der Waals surface area (Å²) >= 11 is 0. The smallest absolute Gasteiger partial charge is 0.270 e. The van der Waals surface area contributed by atoms with Gasteiger partial charge in [0.1, 0.15) is 17.1 Å². The second-order valence-corrected chi connectivity index (χ2v) is 10.9. The molecule has 0 saturated heterocycles. The number of amides is 1. The lowest BCUT2D eigenvalue weighted by Crippen LogP contribution is -2.46. The van der Waals surface area contributed by atoms with Crippen LogP contribution in [0.1, 0.15) is 85.3 Å². The SMILES string of the molecule is CC(C)(C)ONC(=O)C1=CCC2C(C1)c1c(O)cc(C(C)(C)C)cc1OC2(C)C. The minimum Gasteiger partial charge on any atom is -0.508 e. The van der Waals surface area contributed by atoms with E-state index in [-0.39, 0.29) is 34.5 Å². The van der Waals surface area contributed by atoms with Gasteiger partial charge in [0.05, 0.1) is 5.60 Å². The van der Waals surface area contributed by atoms with Gasteiger partial charge in [-0.25, -0.2) is 5.48 Å². The van der Waals surface area contributed by atoms with Crippen molar-refractivity contribution < 1.29 is 19.5 Å². The Labute approximate surface area is 174 Å². The van der Waals surface area contributed by atoms with E-state index in [4.69, 9.17) is 9.57 Å². The molecule has 2 atom stereocenters. The van der Waals surface area contributed by atoms with Crippen LogP contribution in [-0.2, 0) is 15.0 Å². The molecule has 2 N–H and O–H groups in total. The molecular formula is C24H35NO4. The Morgan fingerprint density at radius 3 is 2.45 bits per heavy atom. The Hall–Kier alpha value is -2.01. The van der Waals surface area contributed by atoms with Crippen molar-refractivity contribution in [3.63, 3.8) is 0 Å². The van der Waals surface area contributed by atoms with Crippen LogP contribution >= 0.6 is 0 Å². The van der Waals surface area contributed by atoms with Crippen molar-refractivity contribution in [2.45, 2.75) is 90.8 Å². The van der Waals surface area contributed by atoms with E-state index in [9.17, 15) is 9.90 Å². The summed E-state index contributed by atoms with van der Waals surface area (Å²) in [6.45, 7) is 16.2. The van der Waals surface area contributed by atoms with Gasteiger partial charge in [0.15, 0.2) is 0 Å². The fourth-order valence-corrected chi connectivity index (χ4v) is 4.28. The van der Waals surface area contributed by atoms with Gasteiger partial charge < -0.3 is 9.84 Å². The molecule has 29 heavy (non-hydrogen) atoms. The second kappa shape index (κ2) is 7.05. The first-order chi connectivity index (χ1) is 13.2. The van der Waals surface area contributed by atoms with Crippen molar-refractivity contribution >= 4 is 5.91 Å². The van der Waals surface area contributed by atoms with Gasteiger partial charge in [-0.3, -0.25) is 9.63 Å². The minimum atomic E-state index is -0.456. The van der Waals surface area contributed by atoms with Crippen LogP contribution in [0.25, 0.3) is 0 Å². The number of phenolic OH excluding ortho intramolecular Hbond substituents is 1. The molecule has 1 aliphatic carbocycles. The molecule has 1 aliphatic heterocycles. The third-order valence-electron chi connectivity index (χ3n) is 5.91. The molecule has 5 heteroatoms. The molecule has 160 valence electrons. The Morgan fingerprint density at radius 2 is 1.86 bits per heavy atom. The number of carbonyl (C=O) groups is 1. The zero-order valence-corrected chi connectivity index (χ0v) is 19.0. The fraction of sp³-hybridized carbons (Fsp3) is 0.625. The number of hydrogen-bond donors (Lipinski definition) is 2. The summed E-state index contributed by atoms with van der Waals surface area (Å²) < 4.78 is 6.38. The summed E-state index contributed by atoms with van der Waals surface area (Å²) in [4.78, 5) is 18.1. The van der Waals surface area contributed by atoms with Gasteiger partial charge in [0.2, 0.25) is 0 Å². The first kappa shape index (κ1) is 21.7. The summed E-state index contributed by atoms with van der Waals surface area (Å²) in [5.41, 5.74) is 4.18. The van der Waals surface area contributed by atoms with Gasteiger partial charge >= 0.3 is 0 Å². The van der Waals surface area contributed by atoms with Crippen molar-refractivity contribution in [2.75, 3.05) is 0 Å². The van der Waals surface area contributed by atoms with Crippen LogP contribution in [0.2, 0.25) is 0 Å². The van der Waals surface area contributed by atoms with Gasteiger partial charge in [-0.15, -0.1) is 0 Å². The third-order valence-corrected chi connectivity index (χ3v) is 5.91. The number of phenols is 1. The van der Waals surface area contributed by atoms with Crippen LogP contribution in [0.4, 0.5) is 0 Å². The molecule has 1 amide bonds. The summed E-state index contributed by atoms with van der Waals surface area (Å²) in [7, 11) is 0. The zero-order valence-electron chi connectivity index (χ0n) is 19.0. The molecule has 0 aromatic heterocycles. The van der Waals surface area contributed by atoms with E-state index in [0.29, 0.717) is 12.0 Å². The van der Waals surface area contributed by atoms with Crippen molar-refractivity contribution in [3.05, 3.63) is 34.9 Å². The van der Waals surface area contributed by atoms with E-state index in [0.717, 1.165) is 23.3 Å². The molecule has 0 radical (unpaired) electrons. The number of rotatable bonds is 2. The average Bonchev–Trinajstić information content (AvgIpc) is 2.56. The van der Waals surface area contributed by atoms with E-state index in [1.54, 1.807) is 0 Å². The number of hydrogen-bond acceptors (Lipinski definition) is 4. The molecule has 1 heterocycles. The normalized spacial score (nSPS) is 23.4. The van der Waals surface area contributed by atoms with Crippen LogP contribution < -0.4 is 10.2 Å². The first-order valence-electron chi connectivity index (χ1n) is 10.4. The number of carbonyl (C=O) groups excluding carboxylic acids is 1. The Bertz CT molecular complexity index is 840. The number of nitrogens with one attached hydrogen (secondary N) is 1. The number of benzene rings is 1. The number of ether oxygens (including phenoxy) is 1. The molecule has 0 saturated carbocycles. The van der Waals surface area contributed by atoms with Gasteiger partial charge in [0, 0.05) is 23.0 Å². The van der Waals surface area contributed by atoms with E-state index >= 15 is 0 Å². The summed E-state index contributed by atoms with van der Waals surface area (Å²) in [6.07, 6.45) is 3.25. The van der Waals surface area contributed by atoms with Gasteiger partial charge in [-0.2, -0.15) is 0 Å². The standard InChI is InChI=1S/C24H35NO4/c1-22(2,3)15-12-18(26)20-16-11-14(21(27)25-29-23(4,5)6)9-10-17(16)24(7,8)28-19(20)13-15/h9,12-13,16-17,26H,10-11H2,1-8H3,(H,25,27). The molecule has 3 rings (SSSR count). The fourth-order valence-electron chi connectivity index (χ4n) is 4.28. The van der Waals surface area contributed by atoms with Crippen molar-refractivity contribution in [1.29, 1.82) is 0 Å². The molecule has 5 nitrogen and oxygen atoms in total. The van der Waals surface area contributed by atoms with Crippen molar-refractivity contribution in [1.82, 2.24) is 5.48 Å². The molecule has 2 aliphatic rings. The Morgan fingerprint density at radius 1 is 1.21 bits per heavy atom. The summed E-state index contributed by atoms with van der Waals surface area (Å²) in [5.74, 6) is 0.971. The van der Waals surface area contributed by atoms with E-state index in [1.165, 1.54) is 0 Å². The Balaban J connectivity index is 1.95. The van der Waals surface area contributed by atoms with E-state index < -0.39 is 5.60 Å². The molecule has 2 unspecified atom stereocenters. The van der Waals surface area contributed by atoms with Gasteiger partial charge in [0.25, 0.3) is 5.91 Å². The minimum absolute atomic E-state index is 0.0168. The van der Waals surface area contributed by atoms with Crippen LogP contribution in [0.3, 0.4) is 0 Å². The van der Waals surface area contributed by atoms with Crippen LogP contribution in [-0.4, -0.2) is 22.2 Å². The summed E-state index contributed by atoms with van der Waals surface area (Å²) in [5, 5.41) is 10.9. The maximum absolute atomic E-state index is 12.7. The second-order valence-electron chi connectivity index (χ2n) is 10.9. The lowest BCUT2D eigenvalue weighted by Gasteiger charge is -2.47. The Kier molecular flexibility index (Phi) is 5.27. The third kappa shape index (κ3) is 4.45. The highest BCUT2D eigenvalue weighted by molar-refractivity contribution is 5.93. The predicted molar refractivity (Wildman–Crippen MR) is 114 cm³/mol. The molecule has 0 fully saturated rings. The van der Waals surface area contributed by atoms with Crippen molar-refractivity contribution in [3.8, 4) is 11.5 Å². The molecular weight excluding hydrogens is 366 g/mol. The lowest BCUT2D eigenvalue weighted by molar-refractivity contribution is -0.142. The monoisotopic (exact) mass is 401 g/mol.